The first-order chi connectivity index (χ1) is 10.3. The first-order valence-electron chi connectivity index (χ1n) is 6.20. The maximum Gasteiger partial charge on any atom is 0.283 e. The summed E-state index contributed by atoms with van der Waals surface area (Å²) >= 11 is 1.18. The van der Waals surface area contributed by atoms with Crippen LogP contribution in [0.4, 0.5) is 0 Å². The zero-order chi connectivity index (χ0) is 14.7. The van der Waals surface area contributed by atoms with Crippen LogP contribution in [0.15, 0.2) is 57.3 Å². The summed E-state index contributed by atoms with van der Waals surface area (Å²) in [5, 5.41) is 18.0. The van der Waals surface area contributed by atoms with Crippen molar-refractivity contribution in [2.75, 3.05) is 0 Å². The molecule has 6 heteroatoms. The number of pyridine rings is 1. The van der Waals surface area contributed by atoms with Crippen molar-refractivity contribution in [1.82, 2.24) is 15.2 Å². The molecule has 0 radical (unpaired) electrons. The van der Waals surface area contributed by atoms with Gasteiger partial charge in [-0.1, -0.05) is 17.7 Å². The minimum absolute atomic E-state index is 0.362. The van der Waals surface area contributed by atoms with Crippen molar-refractivity contribution in [3.05, 3.63) is 53.7 Å². The fourth-order valence-corrected chi connectivity index (χ4v) is 2.41. The van der Waals surface area contributed by atoms with Crippen molar-refractivity contribution in [3.63, 3.8) is 0 Å². The van der Waals surface area contributed by atoms with E-state index in [0.29, 0.717) is 21.7 Å². The molecule has 0 spiro atoms. The molecule has 1 aromatic carbocycles. The van der Waals surface area contributed by atoms with Gasteiger partial charge in [0.25, 0.3) is 5.22 Å². The number of nitrogens with zero attached hydrogens (tertiary/aromatic N) is 4. The van der Waals surface area contributed by atoms with E-state index in [4.69, 9.17) is 9.68 Å². The molecule has 0 aliphatic carbocycles. The van der Waals surface area contributed by atoms with E-state index in [0.717, 1.165) is 5.56 Å². The molecule has 0 fully saturated rings. The van der Waals surface area contributed by atoms with E-state index < -0.39 is 0 Å². The Morgan fingerprint density at radius 1 is 1.14 bits per heavy atom. The van der Waals surface area contributed by atoms with Gasteiger partial charge in [0.15, 0.2) is 0 Å². The van der Waals surface area contributed by atoms with Crippen molar-refractivity contribution in [3.8, 4) is 17.5 Å². The van der Waals surface area contributed by atoms with Gasteiger partial charge in [0.05, 0.1) is 5.56 Å². The Kier molecular flexibility index (Phi) is 3.67. The average molecular weight is 294 g/mol. The lowest BCUT2D eigenvalue weighted by atomic mass is 10.1. The van der Waals surface area contributed by atoms with Gasteiger partial charge in [-0.25, -0.2) is 4.98 Å². The fraction of sp³-hybridized carbons (Fsp3) is 0.0667. The van der Waals surface area contributed by atoms with Crippen LogP contribution in [0, 0.1) is 18.3 Å². The summed E-state index contributed by atoms with van der Waals surface area (Å²) in [6, 6.07) is 13.3. The van der Waals surface area contributed by atoms with Crippen molar-refractivity contribution in [2.45, 2.75) is 17.2 Å². The summed E-state index contributed by atoms with van der Waals surface area (Å²) in [7, 11) is 0. The van der Waals surface area contributed by atoms with Crippen LogP contribution in [0.5, 0.6) is 0 Å². The second-order valence-electron chi connectivity index (χ2n) is 4.31. The van der Waals surface area contributed by atoms with Crippen molar-refractivity contribution < 1.29 is 4.42 Å². The van der Waals surface area contributed by atoms with Gasteiger partial charge in [-0.05, 0) is 43.0 Å². The van der Waals surface area contributed by atoms with E-state index in [1.54, 1.807) is 18.3 Å². The molecular weight excluding hydrogens is 284 g/mol. The quantitative estimate of drug-likeness (QED) is 0.736. The first kappa shape index (κ1) is 13.3. The minimum Gasteiger partial charge on any atom is -0.411 e. The zero-order valence-corrected chi connectivity index (χ0v) is 12.0. The molecule has 0 unspecified atom stereocenters. The number of aryl methyl sites for hydroxylation is 1. The van der Waals surface area contributed by atoms with E-state index >= 15 is 0 Å². The number of hydrogen-bond donors (Lipinski definition) is 0. The largest absolute Gasteiger partial charge is 0.411 e. The number of rotatable bonds is 3. The van der Waals surface area contributed by atoms with Crippen LogP contribution in [0.2, 0.25) is 0 Å². The highest BCUT2D eigenvalue weighted by Gasteiger charge is 2.12. The summed E-state index contributed by atoms with van der Waals surface area (Å²) in [6.45, 7) is 2.02. The molecular formula is C15H10N4OS. The predicted molar refractivity (Wildman–Crippen MR) is 77.5 cm³/mol. The van der Waals surface area contributed by atoms with Gasteiger partial charge >= 0.3 is 0 Å². The van der Waals surface area contributed by atoms with Gasteiger partial charge in [-0.15, -0.1) is 10.2 Å². The summed E-state index contributed by atoms with van der Waals surface area (Å²) in [5.74, 6) is 0.451. The normalized spacial score (nSPS) is 10.3. The highest BCUT2D eigenvalue weighted by Crippen LogP contribution is 2.29. The van der Waals surface area contributed by atoms with Crippen LogP contribution < -0.4 is 0 Å². The van der Waals surface area contributed by atoms with Crippen molar-refractivity contribution in [2.24, 2.45) is 0 Å². The lowest BCUT2D eigenvalue weighted by Crippen LogP contribution is -1.85. The van der Waals surface area contributed by atoms with E-state index in [1.807, 2.05) is 31.2 Å². The third kappa shape index (κ3) is 2.93. The molecule has 0 atom stereocenters. The Morgan fingerprint density at radius 2 is 1.95 bits per heavy atom. The Labute approximate surface area is 125 Å². The number of nitriles is 1. The second-order valence-corrected chi connectivity index (χ2v) is 5.25. The topological polar surface area (TPSA) is 75.6 Å². The molecule has 0 aliphatic heterocycles. The molecule has 0 saturated heterocycles. The van der Waals surface area contributed by atoms with Crippen LogP contribution in [-0.2, 0) is 0 Å². The highest BCUT2D eigenvalue weighted by atomic mass is 32.2. The molecule has 0 N–H and O–H groups in total. The monoisotopic (exact) mass is 294 g/mol. The molecule has 0 aliphatic rings. The summed E-state index contributed by atoms with van der Waals surface area (Å²) in [4.78, 5) is 4.15. The Morgan fingerprint density at radius 3 is 2.71 bits per heavy atom. The second kappa shape index (κ2) is 5.77. The Balaban J connectivity index is 1.86. The molecule has 2 heterocycles. The van der Waals surface area contributed by atoms with Gasteiger partial charge in [0.2, 0.25) is 5.89 Å². The molecule has 0 amide bonds. The van der Waals surface area contributed by atoms with Crippen LogP contribution in [0.3, 0.4) is 0 Å². The van der Waals surface area contributed by atoms with Crippen LogP contribution in [0.25, 0.3) is 11.5 Å². The van der Waals surface area contributed by atoms with Crippen molar-refractivity contribution >= 4 is 11.8 Å². The maximum atomic E-state index is 9.04. The van der Waals surface area contributed by atoms with Crippen molar-refractivity contribution in [1.29, 1.82) is 5.26 Å². The van der Waals surface area contributed by atoms with Crippen LogP contribution in [0.1, 0.15) is 11.1 Å². The smallest absolute Gasteiger partial charge is 0.283 e. The number of aromatic nitrogens is 3. The zero-order valence-electron chi connectivity index (χ0n) is 11.1. The third-order valence-electron chi connectivity index (χ3n) is 2.78. The highest BCUT2D eigenvalue weighted by molar-refractivity contribution is 7.99. The summed E-state index contributed by atoms with van der Waals surface area (Å²) in [5.41, 5.74) is 2.51. The molecule has 102 valence electrons. The Bertz CT molecular complexity index is 805. The first-order valence-corrected chi connectivity index (χ1v) is 7.01. The predicted octanol–water partition coefficient (Wildman–Crippen LogP) is 3.46. The Hall–Kier alpha value is -2.65. The fourth-order valence-electron chi connectivity index (χ4n) is 1.70. The average Bonchev–Trinajstić information content (AvgIpc) is 2.97. The van der Waals surface area contributed by atoms with E-state index in [2.05, 4.69) is 21.3 Å². The standard InChI is InChI=1S/C15H10N4OS/c1-10-4-6-11(7-5-10)13-18-19-15(20-13)21-14-12(9-16)3-2-8-17-14/h2-8H,1H3. The molecule has 0 bridgehead atoms. The van der Waals surface area contributed by atoms with E-state index in [1.165, 1.54) is 17.3 Å². The lowest BCUT2D eigenvalue weighted by Gasteiger charge is -1.97. The van der Waals surface area contributed by atoms with E-state index in [9.17, 15) is 0 Å². The number of hydrogen-bond acceptors (Lipinski definition) is 6. The molecule has 21 heavy (non-hydrogen) atoms. The summed E-state index contributed by atoms with van der Waals surface area (Å²) in [6.07, 6.45) is 1.63. The SMILES string of the molecule is Cc1ccc(-c2nnc(Sc3ncccc3C#N)o2)cc1. The lowest BCUT2D eigenvalue weighted by molar-refractivity contribution is 0.465. The number of benzene rings is 1. The van der Waals surface area contributed by atoms with E-state index in [-0.39, 0.29) is 0 Å². The minimum atomic E-state index is 0.362. The third-order valence-corrected chi connectivity index (χ3v) is 3.64. The molecule has 3 aromatic rings. The van der Waals surface area contributed by atoms with Gasteiger partial charge in [0, 0.05) is 11.8 Å². The summed E-state index contributed by atoms with van der Waals surface area (Å²) < 4.78 is 5.60. The van der Waals surface area contributed by atoms with Crippen LogP contribution >= 0.6 is 11.8 Å². The van der Waals surface area contributed by atoms with Crippen LogP contribution in [-0.4, -0.2) is 15.2 Å². The van der Waals surface area contributed by atoms with Gasteiger partial charge in [-0.2, -0.15) is 5.26 Å². The maximum absolute atomic E-state index is 9.04. The molecule has 3 rings (SSSR count). The molecule has 2 aromatic heterocycles. The van der Waals surface area contributed by atoms with Gasteiger partial charge in [-0.3, -0.25) is 0 Å². The molecule has 0 saturated carbocycles. The van der Waals surface area contributed by atoms with Gasteiger partial charge < -0.3 is 4.42 Å². The van der Waals surface area contributed by atoms with Gasteiger partial charge in [0.1, 0.15) is 11.1 Å². The molecule has 5 nitrogen and oxygen atoms in total.